The van der Waals surface area contributed by atoms with E-state index in [1.165, 1.54) is 0 Å². The first kappa shape index (κ1) is 13.9. The minimum atomic E-state index is -2.38. The second kappa shape index (κ2) is 4.16. The van der Waals surface area contributed by atoms with Gasteiger partial charge in [-0.2, -0.15) is 0 Å². The zero-order valence-corrected chi connectivity index (χ0v) is 13.5. The van der Waals surface area contributed by atoms with Gasteiger partial charge in [0.1, 0.15) is 0 Å². The quantitative estimate of drug-likeness (QED) is 0.566. The van der Waals surface area contributed by atoms with Gasteiger partial charge in [-0.3, -0.25) is 0 Å². The van der Waals surface area contributed by atoms with E-state index in [2.05, 4.69) is 39.3 Å². The van der Waals surface area contributed by atoms with E-state index in [4.69, 9.17) is 19.3 Å². The van der Waals surface area contributed by atoms with E-state index >= 15 is 0 Å². The molecule has 0 amide bonds. The molecule has 0 aliphatic rings. The van der Waals surface area contributed by atoms with Crippen LogP contribution in [0, 0.1) is 0 Å². The highest BCUT2D eigenvalue weighted by Crippen LogP contribution is 2.23. The number of hydrogen-bond donors (Lipinski definition) is 0. The summed E-state index contributed by atoms with van der Waals surface area (Å²) >= 11 is 6.27. The summed E-state index contributed by atoms with van der Waals surface area (Å²) in [5.74, 6) is 0. The molecular weight excluding hydrogens is 236 g/mol. The van der Waals surface area contributed by atoms with Gasteiger partial charge in [0.05, 0.1) is 0 Å². The van der Waals surface area contributed by atoms with E-state index in [1.54, 1.807) is 0 Å². The van der Waals surface area contributed by atoms with Crippen LogP contribution in [0.2, 0.25) is 45.8 Å². The van der Waals surface area contributed by atoms with Crippen molar-refractivity contribution in [2.75, 3.05) is 0 Å². The van der Waals surface area contributed by atoms with Crippen molar-refractivity contribution in [3.63, 3.8) is 0 Å². The maximum Gasteiger partial charge on any atom is 0.419 e. The zero-order chi connectivity index (χ0) is 10.9. The molecule has 0 N–H and O–H groups in total. The topological polar surface area (TPSA) is 18.5 Å². The van der Waals surface area contributed by atoms with Crippen LogP contribution in [-0.4, -0.2) is 24.5 Å². The SMILES string of the molecule is C[Si](C)(C)O[Si](C)(Cl)O[Si](C)(C)C. The van der Waals surface area contributed by atoms with Crippen LogP contribution in [0.1, 0.15) is 0 Å². The van der Waals surface area contributed by atoms with Crippen molar-refractivity contribution in [3.05, 3.63) is 0 Å². The summed E-state index contributed by atoms with van der Waals surface area (Å²) in [6.45, 7) is 14.7. The van der Waals surface area contributed by atoms with Crippen LogP contribution < -0.4 is 0 Å². The normalized spacial score (nSPS) is 14.8. The Kier molecular flexibility index (Phi) is 4.43. The highest BCUT2D eigenvalue weighted by molar-refractivity contribution is 7.17. The summed E-state index contributed by atoms with van der Waals surface area (Å²) in [6.07, 6.45) is 0. The van der Waals surface area contributed by atoms with Gasteiger partial charge >= 0.3 is 7.87 Å². The summed E-state index contributed by atoms with van der Waals surface area (Å²) < 4.78 is 11.7. The second-order valence-corrected chi connectivity index (χ2v) is 19.1. The smallest absolute Gasteiger partial charge is 0.419 e. The first-order chi connectivity index (χ1) is 5.41. The minimum Gasteiger partial charge on any atom is -0.426 e. The molecule has 0 aromatic carbocycles. The molecular formula is C7H21ClO2Si3. The highest BCUT2D eigenvalue weighted by Gasteiger charge is 2.38. The summed E-state index contributed by atoms with van der Waals surface area (Å²) in [5, 5.41) is 0. The molecule has 0 aromatic heterocycles. The Labute approximate surface area is 89.8 Å². The van der Waals surface area contributed by atoms with Crippen LogP contribution in [0.15, 0.2) is 0 Å². The Morgan fingerprint density at radius 1 is 0.692 bits per heavy atom. The molecule has 0 aliphatic heterocycles. The van der Waals surface area contributed by atoms with Crippen molar-refractivity contribution in [1.82, 2.24) is 0 Å². The maximum absolute atomic E-state index is 6.27. The van der Waals surface area contributed by atoms with Crippen LogP contribution >= 0.6 is 11.1 Å². The summed E-state index contributed by atoms with van der Waals surface area (Å²) in [4.78, 5) is 0. The Hall–Kier alpha value is 0.861. The van der Waals surface area contributed by atoms with Crippen molar-refractivity contribution in [2.24, 2.45) is 0 Å². The van der Waals surface area contributed by atoms with Gasteiger partial charge in [-0.25, -0.2) is 0 Å². The average molecular weight is 257 g/mol. The summed E-state index contributed by atoms with van der Waals surface area (Å²) in [7, 11) is -5.51. The van der Waals surface area contributed by atoms with Crippen molar-refractivity contribution >= 4 is 35.6 Å². The fourth-order valence-corrected chi connectivity index (χ4v) is 14.6. The van der Waals surface area contributed by atoms with Crippen molar-refractivity contribution in [2.45, 2.75) is 45.8 Å². The fraction of sp³-hybridized carbons (Fsp3) is 1.00. The maximum atomic E-state index is 6.27. The Morgan fingerprint density at radius 2 is 0.923 bits per heavy atom. The van der Waals surface area contributed by atoms with Gasteiger partial charge in [0.15, 0.2) is 16.6 Å². The van der Waals surface area contributed by atoms with E-state index in [9.17, 15) is 0 Å². The Balaban J connectivity index is 4.25. The van der Waals surface area contributed by atoms with Crippen molar-refractivity contribution in [3.8, 4) is 0 Å². The molecule has 0 saturated carbocycles. The highest BCUT2D eigenvalue weighted by atomic mass is 35.6. The Bertz CT molecular complexity index is 154. The largest absolute Gasteiger partial charge is 0.426 e. The minimum absolute atomic E-state index is 1.57. The molecule has 0 aromatic rings. The van der Waals surface area contributed by atoms with E-state index < -0.39 is 24.5 Å². The third kappa shape index (κ3) is 9.17. The van der Waals surface area contributed by atoms with Crippen LogP contribution in [0.3, 0.4) is 0 Å². The molecule has 0 bridgehead atoms. The van der Waals surface area contributed by atoms with Gasteiger partial charge in [-0.15, -0.1) is 11.1 Å². The first-order valence-corrected chi connectivity index (χ1v) is 14.7. The van der Waals surface area contributed by atoms with Crippen LogP contribution in [0.5, 0.6) is 0 Å². The lowest BCUT2D eigenvalue weighted by atomic mass is 11.8. The van der Waals surface area contributed by atoms with Crippen molar-refractivity contribution in [1.29, 1.82) is 0 Å². The van der Waals surface area contributed by atoms with Gasteiger partial charge in [0, 0.05) is 0 Å². The van der Waals surface area contributed by atoms with E-state index in [0.717, 1.165) is 0 Å². The second-order valence-electron chi connectivity index (χ2n) is 5.26. The fourth-order valence-electron chi connectivity index (χ4n) is 1.11. The predicted molar refractivity (Wildman–Crippen MR) is 66.3 cm³/mol. The number of rotatable bonds is 4. The van der Waals surface area contributed by atoms with Gasteiger partial charge < -0.3 is 8.23 Å². The lowest BCUT2D eigenvalue weighted by Gasteiger charge is -2.33. The molecule has 0 spiro atoms. The summed E-state index contributed by atoms with van der Waals surface area (Å²) in [5.41, 5.74) is 0. The average Bonchev–Trinajstić information content (AvgIpc) is 1.43. The summed E-state index contributed by atoms with van der Waals surface area (Å²) in [6, 6.07) is 0. The first-order valence-electron chi connectivity index (χ1n) is 4.51. The molecule has 0 rings (SSSR count). The molecule has 0 aliphatic carbocycles. The molecule has 0 heterocycles. The molecule has 0 saturated heterocycles. The van der Waals surface area contributed by atoms with Crippen LogP contribution in [-0.2, 0) is 8.23 Å². The van der Waals surface area contributed by atoms with Gasteiger partial charge in [-0.05, 0) is 45.8 Å². The van der Waals surface area contributed by atoms with E-state index in [-0.39, 0.29) is 0 Å². The molecule has 2 nitrogen and oxygen atoms in total. The molecule has 0 atom stereocenters. The van der Waals surface area contributed by atoms with E-state index in [0.29, 0.717) is 0 Å². The van der Waals surface area contributed by atoms with Gasteiger partial charge in [-0.1, -0.05) is 0 Å². The lowest BCUT2D eigenvalue weighted by molar-refractivity contribution is 0.415. The monoisotopic (exact) mass is 256 g/mol. The number of halogens is 1. The standard InChI is InChI=1S/C7H21ClO2Si3/c1-11(2,3)9-13(7,8)10-12(4,5)6/h1-7H3. The molecule has 80 valence electrons. The van der Waals surface area contributed by atoms with Gasteiger partial charge in [0.25, 0.3) is 0 Å². The third-order valence-corrected chi connectivity index (χ3v) is 10.2. The molecule has 0 unspecified atom stereocenters. The number of hydrogen-bond acceptors (Lipinski definition) is 2. The van der Waals surface area contributed by atoms with E-state index in [1.807, 2.05) is 6.55 Å². The van der Waals surface area contributed by atoms with Crippen molar-refractivity contribution < 1.29 is 8.23 Å². The van der Waals surface area contributed by atoms with Crippen LogP contribution in [0.25, 0.3) is 0 Å². The van der Waals surface area contributed by atoms with Gasteiger partial charge in [0.2, 0.25) is 0 Å². The molecule has 6 heteroatoms. The lowest BCUT2D eigenvalue weighted by Crippen LogP contribution is -2.48. The molecule has 13 heavy (non-hydrogen) atoms. The Morgan fingerprint density at radius 3 is 1.08 bits per heavy atom. The van der Waals surface area contributed by atoms with Crippen LogP contribution in [0.4, 0.5) is 0 Å². The zero-order valence-electron chi connectivity index (χ0n) is 9.69. The predicted octanol–water partition coefficient (Wildman–Crippen LogP) is 3.50. The third-order valence-electron chi connectivity index (χ3n) is 0.977. The molecule has 0 fully saturated rings. The molecule has 0 radical (unpaired) electrons.